The number of hydrogen-bond acceptors (Lipinski definition) is 4. The van der Waals surface area contributed by atoms with Crippen LogP contribution >= 0.6 is 0 Å². The summed E-state index contributed by atoms with van der Waals surface area (Å²) in [6, 6.07) is 0. The van der Waals surface area contributed by atoms with Gasteiger partial charge < -0.3 is 20.3 Å². The molecule has 1 aliphatic rings. The van der Waals surface area contributed by atoms with Gasteiger partial charge in [-0.2, -0.15) is 0 Å². The summed E-state index contributed by atoms with van der Waals surface area (Å²) in [5.74, 6) is 0.497. The van der Waals surface area contributed by atoms with Crippen molar-refractivity contribution in [3.8, 4) is 0 Å². The van der Waals surface area contributed by atoms with Crippen LogP contribution in [0.15, 0.2) is 0 Å². The minimum absolute atomic E-state index is 0.244. The predicted molar refractivity (Wildman–Crippen MR) is 77.2 cm³/mol. The third-order valence-electron chi connectivity index (χ3n) is 4.00. The number of ether oxygens (including phenoxy) is 1. The van der Waals surface area contributed by atoms with E-state index in [4.69, 9.17) is 9.84 Å². The molecule has 1 saturated carbocycles. The standard InChI is InChI=1S/C15H31NO3/c1-2-13(8-9-17)10-16-11-14(18)12-19-15-6-4-3-5-7-15/h13-18H,2-12H2,1H3. The second-order valence-corrected chi connectivity index (χ2v) is 5.69. The molecule has 0 spiro atoms. The number of rotatable bonds is 10. The Kier molecular flexibility index (Phi) is 9.43. The molecule has 114 valence electrons. The fraction of sp³-hybridized carbons (Fsp3) is 1.00. The first-order valence-corrected chi connectivity index (χ1v) is 7.87. The molecule has 2 unspecified atom stereocenters. The highest BCUT2D eigenvalue weighted by Crippen LogP contribution is 2.20. The predicted octanol–water partition coefficient (Wildman–Crippen LogP) is 1.69. The van der Waals surface area contributed by atoms with Crippen LogP contribution in [-0.2, 0) is 4.74 Å². The first-order chi connectivity index (χ1) is 9.26. The fourth-order valence-corrected chi connectivity index (χ4v) is 2.63. The van der Waals surface area contributed by atoms with Crippen molar-refractivity contribution in [2.45, 2.75) is 64.1 Å². The summed E-state index contributed by atoms with van der Waals surface area (Å²) in [6.45, 7) is 4.25. The Hall–Kier alpha value is -0.160. The zero-order chi connectivity index (χ0) is 13.9. The first kappa shape index (κ1) is 16.9. The highest BCUT2D eigenvalue weighted by atomic mass is 16.5. The van der Waals surface area contributed by atoms with Crippen LogP contribution in [0.2, 0.25) is 0 Å². The Labute approximate surface area is 117 Å². The molecular formula is C15H31NO3. The molecule has 0 saturated heterocycles. The van der Waals surface area contributed by atoms with E-state index < -0.39 is 6.10 Å². The molecule has 0 aliphatic heterocycles. The van der Waals surface area contributed by atoms with E-state index in [9.17, 15) is 5.11 Å². The first-order valence-electron chi connectivity index (χ1n) is 7.87. The fourth-order valence-electron chi connectivity index (χ4n) is 2.63. The molecule has 2 atom stereocenters. The van der Waals surface area contributed by atoms with Crippen molar-refractivity contribution >= 4 is 0 Å². The van der Waals surface area contributed by atoms with Gasteiger partial charge in [-0.15, -0.1) is 0 Å². The van der Waals surface area contributed by atoms with E-state index >= 15 is 0 Å². The van der Waals surface area contributed by atoms with Crippen LogP contribution in [0.1, 0.15) is 51.9 Å². The molecule has 4 nitrogen and oxygen atoms in total. The third kappa shape index (κ3) is 7.88. The van der Waals surface area contributed by atoms with Crippen LogP contribution in [0.5, 0.6) is 0 Å². The average Bonchev–Trinajstić information content (AvgIpc) is 2.45. The Morgan fingerprint density at radius 2 is 1.95 bits per heavy atom. The summed E-state index contributed by atoms with van der Waals surface area (Å²) >= 11 is 0. The molecule has 19 heavy (non-hydrogen) atoms. The molecule has 0 aromatic rings. The summed E-state index contributed by atoms with van der Waals surface area (Å²) in [5.41, 5.74) is 0. The topological polar surface area (TPSA) is 61.7 Å². The van der Waals surface area contributed by atoms with Gasteiger partial charge in [-0.1, -0.05) is 32.6 Å². The van der Waals surface area contributed by atoms with Crippen molar-refractivity contribution in [1.82, 2.24) is 5.32 Å². The van der Waals surface area contributed by atoms with Crippen LogP contribution in [0.25, 0.3) is 0 Å². The molecule has 1 rings (SSSR count). The summed E-state index contributed by atoms with van der Waals surface area (Å²) in [7, 11) is 0. The summed E-state index contributed by atoms with van der Waals surface area (Å²) in [5, 5.41) is 22.0. The van der Waals surface area contributed by atoms with Crippen LogP contribution in [0.3, 0.4) is 0 Å². The second kappa shape index (κ2) is 10.6. The summed E-state index contributed by atoms with van der Waals surface area (Å²) in [6.07, 6.45) is 7.97. The van der Waals surface area contributed by atoms with Crippen molar-refractivity contribution < 1.29 is 14.9 Å². The average molecular weight is 273 g/mol. The zero-order valence-electron chi connectivity index (χ0n) is 12.3. The largest absolute Gasteiger partial charge is 0.396 e. The Balaban J connectivity index is 2.01. The molecule has 1 aliphatic carbocycles. The minimum atomic E-state index is -0.423. The summed E-state index contributed by atoms with van der Waals surface area (Å²) < 4.78 is 5.75. The highest BCUT2D eigenvalue weighted by Gasteiger charge is 2.15. The third-order valence-corrected chi connectivity index (χ3v) is 4.00. The minimum Gasteiger partial charge on any atom is -0.396 e. The monoisotopic (exact) mass is 273 g/mol. The molecule has 1 fully saturated rings. The number of aliphatic hydroxyl groups excluding tert-OH is 2. The lowest BCUT2D eigenvalue weighted by Crippen LogP contribution is -2.35. The van der Waals surface area contributed by atoms with E-state index in [1.54, 1.807) is 0 Å². The maximum absolute atomic E-state index is 9.86. The van der Waals surface area contributed by atoms with Crippen molar-refractivity contribution in [2.75, 3.05) is 26.3 Å². The maximum atomic E-state index is 9.86. The zero-order valence-corrected chi connectivity index (χ0v) is 12.3. The van der Waals surface area contributed by atoms with Gasteiger partial charge in [0.15, 0.2) is 0 Å². The smallest absolute Gasteiger partial charge is 0.0897 e. The SMILES string of the molecule is CCC(CCO)CNCC(O)COC1CCCCC1. The van der Waals surface area contributed by atoms with Gasteiger partial charge in [0.1, 0.15) is 0 Å². The number of hydrogen-bond donors (Lipinski definition) is 3. The lowest BCUT2D eigenvalue weighted by molar-refractivity contribution is -0.0231. The normalized spacial score (nSPS) is 20.4. The maximum Gasteiger partial charge on any atom is 0.0897 e. The number of nitrogens with one attached hydrogen (secondary N) is 1. The Morgan fingerprint density at radius 1 is 1.21 bits per heavy atom. The van der Waals surface area contributed by atoms with Gasteiger partial charge in [0.05, 0.1) is 18.8 Å². The van der Waals surface area contributed by atoms with Crippen LogP contribution in [0.4, 0.5) is 0 Å². The van der Waals surface area contributed by atoms with Crippen molar-refractivity contribution in [3.05, 3.63) is 0 Å². The molecule has 0 aromatic carbocycles. The summed E-state index contributed by atoms with van der Waals surface area (Å²) in [4.78, 5) is 0. The van der Waals surface area contributed by atoms with E-state index in [1.165, 1.54) is 19.3 Å². The van der Waals surface area contributed by atoms with E-state index in [0.29, 0.717) is 25.2 Å². The lowest BCUT2D eigenvalue weighted by atomic mass is 9.98. The Bertz CT molecular complexity index is 208. The Morgan fingerprint density at radius 3 is 2.58 bits per heavy atom. The van der Waals surface area contributed by atoms with Gasteiger partial charge in [0, 0.05) is 13.2 Å². The number of aliphatic hydroxyl groups is 2. The van der Waals surface area contributed by atoms with Gasteiger partial charge in [0.2, 0.25) is 0 Å². The van der Waals surface area contributed by atoms with E-state index in [1.807, 2.05) is 0 Å². The van der Waals surface area contributed by atoms with E-state index in [-0.39, 0.29) is 6.61 Å². The lowest BCUT2D eigenvalue weighted by Gasteiger charge is -2.24. The molecule has 3 N–H and O–H groups in total. The quantitative estimate of drug-likeness (QED) is 0.567. The molecule has 0 radical (unpaired) electrons. The van der Waals surface area contributed by atoms with Gasteiger partial charge >= 0.3 is 0 Å². The highest BCUT2D eigenvalue weighted by molar-refractivity contribution is 4.68. The molecule has 0 bridgehead atoms. The van der Waals surface area contributed by atoms with Crippen LogP contribution in [0, 0.1) is 5.92 Å². The van der Waals surface area contributed by atoms with Gasteiger partial charge in [0.25, 0.3) is 0 Å². The molecule has 0 heterocycles. The van der Waals surface area contributed by atoms with Crippen molar-refractivity contribution in [3.63, 3.8) is 0 Å². The molecule has 0 aromatic heterocycles. The molecular weight excluding hydrogens is 242 g/mol. The van der Waals surface area contributed by atoms with Crippen LogP contribution < -0.4 is 5.32 Å². The van der Waals surface area contributed by atoms with Gasteiger partial charge in [-0.05, 0) is 31.7 Å². The van der Waals surface area contributed by atoms with Gasteiger partial charge in [-0.25, -0.2) is 0 Å². The van der Waals surface area contributed by atoms with E-state index in [0.717, 1.165) is 32.2 Å². The van der Waals surface area contributed by atoms with Gasteiger partial charge in [-0.3, -0.25) is 0 Å². The van der Waals surface area contributed by atoms with Crippen molar-refractivity contribution in [2.24, 2.45) is 5.92 Å². The second-order valence-electron chi connectivity index (χ2n) is 5.69. The van der Waals surface area contributed by atoms with E-state index in [2.05, 4.69) is 12.2 Å². The van der Waals surface area contributed by atoms with Crippen LogP contribution in [-0.4, -0.2) is 48.7 Å². The molecule has 4 heteroatoms. The van der Waals surface area contributed by atoms with Crippen molar-refractivity contribution in [1.29, 1.82) is 0 Å². The molecule has 0 amide bonds.